The van der Waals surface area contributed by atoms with Gasteiger partial charge in [-0.05, 0) is 18.8 Å². The molecule has 1 saturated carbocycles. The summed E-state index contributed by atoms with van der Waals surface area (Å²) in [6, 6.07) is 0. The number of hydrogen-bond donors (Lipinski definition) is 3. The molecular weight excluding hydrogens is 246 g/mol. The van der Waals surface area contributed by atoms with Gasteiger partial charge in [-0.1, -0.05) is 19.8 Å². The van der Waals surface area contributed by atoms with Crippen LogP contribution in [0.15, 0.2) is 0 Å². The highest BCUT2D eigenvalue weighted by Gasteiger charge is 2.22. The van der Waals surface area contributed by atoms with E-state index in [-0.39, 0.29) is 0 Å². The number of methoxy groups -OCH3 is 1. The Morgan fingerprint density at radius 2 is 1.74 bits per heavy atom. The Kier molecular flexibility index (Phi) is 8.57. The minimum Gasteiger partial charge on any atom is -0.389 e. The molecule has 0 bridgehead atoms. The van der Waals surface area contributed by atoms with Gasteiger partial charge in [-0.2, -0.15) is 0 Å². The fraction of sp³-hybridized carbons (Fsp3) is 1.00. The lowest BCUT2D eigenvalue weighted by Gasteiger charge is -2.29. The van der Waals surface area contributed by atoms with Crippen LogP contribution < -0.4 is 5.32 Å². The van der Waals surface area contributed by atoms with Crippen LogP contribution in [0.1, 0.15) is 32.6 Å². The molecule has 0 aromatic heterocycles. The zero-order valence-corrected chi connectivity index (χ0v) is 12.2. The van der Waals surface area contributed by atoms with Gasteiger partial charge in [0.15, 0.2) is 0 Å². The zero-order chi connectivity index (χ0) is 14.1. The third kappa shape index (κ3) is 7.22. The van der Waals surface area contributed by atoms with Crippen molar-refractivity contribution in [3.63, 3.8) is 0 Å². The first-order valence-electron chi connectivity index (χ1n) is 7.30. The Labute approximate surface area is 116 Å². The van der Waals surface area contributed by atoms with Gasteiger partial charge in [0, 0.05) is 20.2 Å². The second-order valence-electron chi connectivity index (χ2n) is 5.55. The lowest BCUT2D eigenvalue weighted by atomic mass is 9.88. The summed E-state index contributed by atoms with van der Waals surface area (Å²) in [6.07, 6.45) is 4.09. The number of aliphatic hydroxyl groups excluding tert-OH is 2. The second-order valence-corrected chi connectivity index (χ2v) is 5.55. The number of nitrogens with one attached hydrogen (secondary N) is 1. The van der Waals surface area contributed by atoms with Crippen LogP contribution >= 0.6 is 0 Å². The van der Waals surface area contributed by atoms with Crippen molar-refractivity contribution in [1.29, 1.82) is 0 Å². The minimum atomic E-state index is -0.531. The van der Waals surface area contributed by atoms with Gasteiger partial charge in [-0.15, -0.1) is 0 Å². The van der Waals surface area contributed by atoms with E-state index < -0.39 is 12.2 Å². The second kappa shape index (κ2) is 9.66. The molecule has 114 valence electrons. The highest BCUT2D eigenvalue weighted by molar-refractivity contribution is 4.73. The molecule has 4 unspecified atom stereocenters. The Bertz CT molecular complexity index is 227. The first-order chi connectivity index (χ1) is 9.13. The number of aliphatic hydroxyl groups is 2. The average molecular weight is 275 g/mol. The number of rotatable bonds is 9. The Morgan fingerprint density at radius 3 is 2.37 bits per heavy atom. The lowest BCUT2D eigenvalue weighted by molar-refractivity contribution is -0.0458. The maximum Gasteiger partial charge on any atom is 0.0897 e. The molecule has 1 rings (SSSR count). The summed E-state index contributed by atoms with van der Waals surface area (Å²) in [7, 11) is 1.55. The van der Waals surface area contributed by atoms with E-state index in [1.807, 2.05) is 0 Å². The van der Waals surface area contributed by atoms with Crippen LogP contribution in [0.25, 0.3) is 0 Å². The number of hydrogen-bond acceptors (Lipinski definition) is 5. The molecule has 1 fully saturated rings. The van der Waals surface area contributed by atoms with E-state index in [0.717, 1.165) is 6.42 Å². The van der Waals surface area contributed by atoms with Crippen molar-refractivity contribution in [2.45, 2.75) is 50.9 Å². The molecule has 1 aliphatic carbocycles. The smallest absolute Gasteiger partial charge is 0.0897 e. The standard InChI is InChI=1S/C14H29NO4/c1-11-5-3-4-6-14(11)19-10-13(17)8-15-7-12(16)9-18-2/h11-17H,3-10H2,1-2H3. The quantitative estimate of drug-likeness (QED) is 0.573. The number of ether oxygens (including phenoxy) is 2. The van der Waals surface area contributed by atoms with Crippen LogP contribution in [-0.4, -0.2) is 61.9 Å². The molecule has 0 amide bonds. The molecule has 5 nitrogen and oxygen atoms in total. The van der Waals surface area contributed by atoms with Crippen LogP contribution in [0.3, 0.4) is 0 Å². The molecular formula is C14H29NO4. The molecule has 5 heteroatoms. The van der Waals surface area contributed by atoms with E-state index in [9.17, 15) is 10.2 Å². The summed E-state index contributed by atoms with van der Waals surface area (Å²) in [5.41, 5.74) is 0. The average Bonchev–Trinajstić information content (AvgIpc) is 2.38. The van der Waals surface area contributed by atoms with Crippen molar-refractivity contribution in [2.75, 3.05) is 33.4 Å². The Hall–Kier alpha value is -0.200. The molecule has 3 N–H and O–H groups in total. The van der Waals surface area contributed by atoms with Gasteiger partial charge in [-0.3, -0.25) is 0 Å². The van der Waals surface area contributed by atoms with Crippen LogP contribution in [0.4, 0.5) is 0 Å². The third-order valence-corrected chi connectivity index (χ3v) is 3.65. The van der Waals surface area contributed by atoms with Crippen molar-refractivity contribution in [2.24, 2.45) is 5.92 Å². The normalized spacial score (nSPS) is 27.2. The summed E-state index contributed by atoms with van der Waals surface area (Å²) >= 11 is 0. The molecule has 0 spiro atoms. The maximum absolute atomic E-state index is 9.81. The Balaban J connectivity index is 2.05. The van der Waals surface area contributed by atoms with E-state index in [1.165, 1.54) is 19.3 Å². The molecule has 1 aliphatic rings. The fourth-order valence-corrected chi connectivity index (χ4v) is 2.49. The van der Waals surface area contributed by atoms with Crippen molar-refractivity contribution >= 4 is 0 Å². The highest BCUT2D eigenvalue weighted by atomic mass is 16.5. The summed E-state index contributed by atoms with van der Waals surface area (Å²) in [6.45, 7) is 3.74. The molecule has 0 heterocycles. The summed E-state index contributed by atoms with van der Waals surface area (Å²) in [4.78, 5) is 0. The van der Waals surface area contributed by atoms with Crippen molar-refractivity contribution in [1.82, 2.24) is 5.32 Å². The first kappa shape index (κ1) is 16.9. The molecule has 0 radical (unpaired) electrons. The summed E-state index contributed by atoms with van der Waals surface area (Å²) in [5, 5.41) is 22.2. The molecule has 19 heavy (non-hydrogen) atoms. The van der Waals surface area contributed by atoms with Gasteiger partial charge in [0.05, 0.1) is 31.5 Å². The molecule has 0 aromatic rings. The van der Waals surface area contributed by atoms with E-state index >= 15 is 0 Å². The highest BCUT2D eigenvalue weighted by Crippen LogP contribution is 2.26. The van der Waals surface area contributed by atoms with E-state index in [4.69, 9.17) is 9.47 Å². The first-order valence-corrected chi connectivity index (χ1v) is 7.30. The molecule has 4 atom stereocenters. The van der Waals surface area contributed by atoms with E-state index in [1.54, 1.807) is 7.11 Å². The van der Waals surface area contributed by atoms with Crippen LogP contribution in [0, 0.1) is 5.92 Å². The van der Waals surface area contributed by atoms with Gasteiger partial charge < -0.3 is 25.0 Å². The Morgan fingerprint density at radius 1 is 1.11 bits per heavy atom. The monoisotopic (exact) mass is 275 g/mol. The largest absolute Gasteiger partial charge is 0.389 e. The zero-order valence-electron chi connectivity index (χ0n) is 12.2. The van der Waals surface area contributed by atoms with Crippen molar-refractivity contribution < 1.29 is 19.7 Å². The predicted octanol–water partition coefficient (Wildman–Crippen LogP) is 0.540. The minimum absolute atomic E-state index is 0.294. The van der Waals surface area contributed by atoms with Gasteiger partial charge in [0.1, 0.15) is 0 Å². The third-order valence-electron chi connectivity index (χ3n) is 3.65. The van der Waals surface area contributed by atoms with E-state index in [2.05, 4.69) is 12.2 Å². The van der Waals surface area contributed by atoms with Gasteiger partial charge >= 0.3 is 0 Å². The SMILES string of the molecule is COCC(O)CNCC(O)COC1CCCCC1C. The predicted molar refractivity (Wildman–Crippen MR) is 74.1 cm³/mol. The summed E-state index contributed by atoms with van der Waals surface area (Å²) < 4.78 is 10.6. The van der Waals surface area contributed by atoms with Gasteiger partial charge in [0.2, 0.25) is 0 Å². The molecule has 0 aliphatic heterocycles. The van der Waals surface area contributed by atoms with Crippen molar-refractivity contribution in [3.05, 3.63) is 0 Å². The fourth-order valence-electron chi connectivity index (χ4n) is 2.49. The van der Waals surface area contributed by atoms with E-state index in [0.29, 0.717) is 38.3 Å². The topological polar surface area (TPSA) is 71.0 Å². The van der Waals surface area contributed by atoms with Gasteiger partial charge in [-0.25, -0.2) is 0 Å². The molecule has 0 saturated heterocycles. The molecule has 0 aromatic carbocycles. The van der Waals surface area contributed by atoms with Crippen LogP contribution in [0.2, 0.25) is 0 Å². The summed E-state index contributed by atoms with van der Waals surface area (Å²) in [5.74, 6) is 0.595. The van der Waals surface area contributed by atoms with Crippen LogP contribution in [-0.2, 0) is 9.47 Å². The lowest BCUT2D eigenvalue weighted by Crippen LogP contribution is -2.38. The van der Waals surface area contributed by atoms with Gasteiger partial charge in [0.25, 0.3) is 0 Å². The van der Waals surface area contributed by atoms with Crippen molar-refractivity contribution in [3.8, 4) is 0 Å². The maximum atomic E-state index is 9.81. The van der Waals surface area contributed by atoms with Crippen LogP contribution in [0.5, 0.6) is 0 Å².